The third-order valence-corrected chi connectivity index (χ3v) is 6.31. The molecule has 0 bridgehead atoms. The molecule has 1 atom stereocenters. The van der Waals surface area contributed by atoms with Crippen molar-refractivity contribution in [3.05, 3.63) is 65.7 Å². The van der Waals surface area contributed by atoms with Crippen LogP contribution in [0.5, 0.6) is 0 Å². The largest absolute Gasteiger partial charge is 0.353 e. The molecule has 1 aromatic carbocycles. The van der Waals surface area contributed by atoms with Gasteiger partial charge in [0.2, 0.25) is 5.91 Å². The number of aryl methyl sites for hydroxylation is 2. The Bertz CT molecular complexity index is 1020. The monoisotopic (exact) mass is 387 g/mol. The summed E-state index contributed by atoms with van der Waals surface area (Å²) in [5.74, 6) is 2.05. The second-order valence-corrected chi connectivity index (χ2v) is 8.27. The van der Waals surface area contributed by atoms with Gasteiger partial charge in [-0.3, -0.25) is 9.78 Å². The molecule has 5 rings (SSSR count). The summed E-state index contributed by atoms with van der Waals surface area (Å²) in [6.07, 6.45) is 8.02. The van der Waals surface area contributed by atoms with E-state index in [0.717, 1.165) is 61.4 Å². The van der Waals surface area contributed by atoms with Gasteiger partial charge in [0.15, 0.2) is 5.82 Å². The Morgan fingerprint density at radius 3 is 2.55 bits per heavy atom. The number of rotatable bonds is 4. The zero-order chi connectivity index (χ0) is 19.8. The van der Waals surface area contributed by atoms with Gasteiger partial charge in [-0.2, -0.15) is 0 Å². The van der Waals surface area contributed by atoms with Crippen LogP contribution in [0.15, 0.2) is 48.8 Å². The highest BCUT2D eigenvalue weighted by Crippen LogP contribution is 2.48. The Balaban J connectivity index is 1.29. The van der Waals surface area contributed by atoms with E-state index in [4.69, 9.17) is 0 Å². The predicted molar refractivity (Wildman–Crippen MR) is 110 cm³/mol. The Morgan fingerprint density at radius 2 is 1.83 bits per heavy atom. The van der Waals surface area contributed by atoms with Crippen LogP contribution in [-0.4, -0.2) is 31.7 Å². The number of amides is 1. The molecule has 1 N–H and O–H groups in total. The van der Waals surface area contributed by atoms with Gasteiger partial charge in [0.05, 0.1) is 5.41 Å². The van der Waals surface area contributed by atoms with Gasteiger partial charge >= 0.3 is 0 Å². The minimum absolute atomic E-state index is 0.164. The van der Waals surface area contributed by atoms with Crippen LogP contribution < -0.4 is 5.32 Å². The molecule has 1 unspecified atom stereocenters. The molecule has 2 aliphatic rings. The Hall–Kier alpha value is -3.02. The van der Waals surface area contributed by atoms with Gasteiger partial charge in [-0.1, -0.05) is 29.8 Å². The third kappa shape index (κ3) is 3.33. The number of nitrogens with one attached hydrogen (secondary N) is 1. The van der Waals surface area contributed by atoms with E-state index >= 15 is 0 Å². The fourth-order valence-corrected chi connectivity index (χ4v) is 4.31. The van der Waals surface area contributed by atoms with E-state index in [1.54, 1.807) is 12.4 Å². The van der Waals surface area contributed by atoms with Crippen LogP contribution in [0, 0.1) is 6.92 Å². The average molecular weight is 387 g/mol. The topological polar surface area (TPSA) is 72.7 Å². The first-order chi connectivity index (χ1) is 14.2. The first-order valence-electron chi connectivity index (χ1n) is 10.4. The van der Waals surface area contributed by atoms with Crippen LogP contribution in [0.3, 0.4) is 0 Å². The summed E-state index contributed by atoms with van der Waals surface area (Å²) >= 11 is 0. The van der Waals surface area contributed by atoms with Gasteiger partial charge in [-0.25, -0.2) is 0 Å². The van der Waals surface area contributed by atoms with E-state index in [2.05, 4.69) is 56.3 Å². The molecule has 29 heavy (non-hydrogen) atoms. The number of pyridine rings is 1. The second-order valence-electron chi connectivity index (χ2n) is 8.27. The minimum atomic E-state index is -0.322. The zero-order valence-electron chi connectivity index (χ0n) is 16.6. The number of aromatic nitrogens is 4. The first-order valence-corrected chi connectivity index (χ1v) is 10.4. The summed E-state index contributed by atoms with van der Waals surface area (Å²) in [5, 5.41) is 12.1. The molecule has 0 saturated heterocycles. The van der Waals surface area contributed by atoms with E-state index in [1.165, 1.54) is 5.56 Å². The number of fused-ring (bicyclic) bond motifs is 1. The van der Waals surface area contributed by atoms with Crippen molar-refractivity contribution in [2.24, 2.45) is 0 Å². The summed E-state index contributed by atoms with van der Waals surface area (Å²) in [6.45, 7) is 2.88. The number of benzene rings is 1. The molecule has 1 aliphatic heterocycles. The van der Waals surface area contributed by atoms with Crippen molar-refractivity contribution < 1.29 is 4.79 Å². The lowest BCUT2D eigenvalue weighted by atomic mass is 9.93. The molecule has 6 nitrogen and oxygen atoms in total. The van der Waals surface area contributed by atoms with Crippen molar-refractivity contribution in [1.29, 1.82) is 0 Å². The summed E-state index contributed by atoms with van der Waals surface area (Å²) in [5.41, 5.74) is 3.07. The molecule has 3 aromatic rings. The van der Waals surface area contributed by atoms with Crippen LogP contribution in [-0.2, 0) is 23.2 Å². The van der Waals surface area contributed by atoms with E-state index < -0.39 is 0 Å². The fraction of sp³-hybridized carbons (Fsp3) is 0.391. The molecule has 0 radical (unpaired) electrons. The van der Waals surface area contributed by atoms with Gasteiger partial charge < -0.3 is 9.88 Å². The molecule has 1 saturated carbocycles. The van der Waals surface area contributed by atoms with E-state index in [0.29, 0.717) is 0 Å². The molecule has 1 amide bonds. The van der Waals surface area contributed by atoms with Crippen molar-refractivity contribution >= 4 is 5.91 Å². The predicted octanol–water partition coefficient (Wildman–Crippen LogP) is 3.20. The van der Waals surface area contributed by atoms with E-state index in [-0.39, 0.29) is 17.4 Å². The van der Waals surface area contributed by atoms with Crippen LogP contribution in [0.25, 0.3) is 11.4 Å². The quantitative estimate of drug-likeness (QED) is 0.746. The van der Waals surface area contributed by atoms with Crippen LogP contribution in [0.2, 0.25) is 0 Å². The number of carbonyl (C=O) groups excluding carboxylic acids is 1. The molecule has 2 aromatic heterocycles. The summed E-state index contributed by atoms with van der Waals surface area (Å²) < 4.78 is 2.19. The van der Waals surface area contributed by atoms with Gasteiger partial charge in [0.25, 0.3) is 0 Å². The Kier molecular flexibility index (Phi) is 4.42. The smallest absolute Gasteiger partial charge is 0.230 e. The SMILES string of the molecule is Cc1ccc(C2(C(=O)NC3CCc4nnc(-c5ccncc5)n4CC3)CC2)cc1. The summed E-state index contributed by atoms with van der Waals surface area (Å²) in [6, 6.07) is 12.5. The van der Waals surface area contributed by atoms with Gasteiger partial charge in [-0.05, 0) is 50.3 Å². The van der Waals surface area contributed by atoms with Gasteiger partial charge in [-0.15, -0.1) is 10.2 Å². The molecule has 3 heterocycles. The normalized spacial score (nSPS) is 19.8. The maximum Gasteiger partial charge on any atom is 0.230 e. The molecular formula is C23H25N5O. The number of nitrogens with zero attached hydrogens (tertiary/aromatic N) is 4. The van der Waals surface area contributed by atoms with Crippen molar-refractivity contribution in [1.82, 2.24) is 25.1 Å². The maximum absolute atomic E-state index is 13.1. The lowest BCUT2D eigenvalue weighted by Crippen LogP contribution is -2.41. The van der Waals surface area contributed by atoms with Crippen LogP contribution >= 0.6 is 0 Å². The van der Waals surface area contributed by atoms with Crippen molar-refractivity contribution in [2.45, 2.75) is 57.0 Å². The summed E-state index contributed by atoms with van der Waals surface area (Å²) in [4.78, 5) is 17.2. The highest BCUT2D eigenvalue weighted by Gasteiger charge is 2.51. The molecule has 1 fully saturated rings. The van der Waals surface area contributed by atoms with E-state index in [9.17, 15) is 4.79 Å². The molecule has 148 valence electrons. The first kappa shape index (κ1) is 18.0. The fourth-order valence-electron chi connectivity index (χ4n) is 4.31. The maximum atomic E-state index is 13.1. The lowest BCUT2D eigenvalue weighted by Gasteiger charge is -2.21. The van der Waals surface area contributed by atoms with Crippen LogP contribution in [0.4, 0.5) is 0 Å². The Labute approximate surface area is 170 Å². The zero-order valence-corrected chi connectivity index (χ0v) is 16.6. The number of hydrogen-bond acceptors (Lipinski definition) is 4. The number of hydrogen-bond donors (Lipinski definition) is 1. The Morgan fingerprint density at radius 1 is 1.07 bits per heavy atom. The van der Waals surface area contributed by atoms with Gasteiger partial charge in [0.1, 0.15) is 5.82 Å². The minimum Gasteiger partial charge on any atom is -0.353 e. The van der Waals surface area contributed by atoms with Crippen molar-refractivity contribution in [3.63, 3.8) is 0 Å². The number of carbonyl (C=O) groups is 1. The molecule has 1 aliphatic carbocycles. The van der Waals surface area contributed by atoms with Crippen LogP contribution in [0.1, 0.15) is 42.6 Å². The highest BCUT2D eigenvalue weighted by molar-refractivity contribution is 5.91. The van der Waals surface area contributed by atoms with E-state index in [1.807, 2.05) is 12.1 Å². The van der Waals surface area contributed by atoms with Crippen molar-refractivity contribution in [3.8, 4) is 11.4 Å². The lowest BCUT2D eigenvalue weighted by molar-refractivity contribution is -0.124. The van der Waals surface area contributed by atoms with Crippen molar-refractivity contribution in [2.75, 3.05) is 0 Å². The molecule has 0 spiro atoms. The second kappa shape index (κ2) is 7.10. The average Bonchev–Trinajstić information content (AvgIpc) is 3.50. The highest BCUT2D eigenvalue weighted by atomic mass is 16.2. The summed E-state index contributed by atoms with van der Waals surface area (Å²) in [7, 11) is 0. The van der Waals surface area contributed by atoms with Gasteiger partial charge in [0, 0.05) is 37.0 Å². The molecular weight excluding hydrogens is 362 g/mol. The third-order valence-electron chi connectivity index (χ3n) is 6.31. The standard InChI is InChI=1S/C23H25N5O/c1-16-2-4-18(5-3-16)23(11-12-23)22(29)25-19-6-7-20-26-27-21(28(20)15-10-19)17-8-13-24-14-9-17/h2-5,8-9,13-14,19H,6-7,10-12,15H2,1H3,(H,25,29). The molecule has 6 heteroatoms.